The number of hydrogen-bond acceptors (Lipinski definition) is 2. The molecule has 110 valence electrons. The molecule has 1 aromatic heterocycles. The molecule has 0 fully saturated rings. The lowest BCUT2D eigenvalue weighted by Crippen LogP contribution is -2.28. The van der Waals surface area contributed by atoms with Crippen LogP contribution < -0.4 is 5.32 Å². The van der Waals surface area contributed by atoms with Crippen molar-refractivity contribution in [1.82, 2.24) is 5.32 Å². The molecular formula is C18H27NS. The number of thiophene rings is 1. The maximum Gasteiger partial charge on any atom is 0.0388 e. The summed E-state index contributed by atoms with van der Waals surface area (Å²) in [5, 5.41) is 5.11. The van der Waals surface area contributed by atoms with Crippen LogP contribution >= 0.6 is 11.3 Å². The van der Waals surface area contributed by atoms with Crippen LogP contribution in [0.25, 0.3) is 10.1 Å². The van der Waals surface area contributed by atoms with Crippen molar-refractivity contribution in [2.24, 2.45) is 5.92 Å². The van der Waals surface area contributed by atoms with Gasteiger partial charge in [-0.3, -0.25) is 0 Å². The number of benzene rings is 1. The van der Waals surface area contributed by atoms with Gasteiger partial charge in [0, 0.05) is 21.7 Å². The van der Waals surface area contributed by atoms with Gasteiger partial charge in [-0.05, 0) is 43.7 Å². The fourth-order valence-electron chi connectivity index (χ4n) is 2.64. The molecule has 1 nitrogen and oxygen atoms in total. The Kier molecular flexibility index (Phi) is 5.62. The van der Waals surface area contributed by atoms with E-state index in [2.05, 4.69) is 63.3 Å². The zero-order chi connectivity index (χ0) is 14.5. The van der Waals surface area contributed by atoms with Crippen molar-refractivity contribution in [3.05, 3.63) is 35.2 Å². The molecule has 1 aromatic carbocycles. The Morgan fingerprint density at radius 2 is 1.80 bits per heavy atom. The normalized spacial score (nSPS) is 14.8. The predicted molar refractivity (Wildman–Crippen MR) is 91.5 cm³/mol. The van der Waals surface area contributed by atoms with E-state index in [9.17, 15) is 0 Å². The van der Waals surface area contributed by atoms with Crippen LogP contribution in [-0.2, 0) is 0 Å². The molecule has 0 saturated carbocycles. The van der Waals surface area contributed by atoms with Crippen LogP contribution in [0.5, 0.6) is 0 Å². The smallest absolute Gasteiger partial charge is 0.0388 e. The summed E-state index contributed by atoms with van der Waals surface area (Å²) in [6.07, 6.45) is 3.93. The lowest BCUT2D eigenvalue weighted by atomic mass is 10.0. The molecule has 0 spiro atoms. The minimum Gasteiger partial charge on any atom is -0.307 e. The molecule has 0 bridgehead atoms. The first kappa shape index (κ1) is 15.5. The van der Waals surface area contributed by atoms with Gasteiger partial charge in [0.2, 0.25) is 0 Å². The molecule has 0 radical (unpaired) electrons. The van der Waals surface area contributed by atoms with Crippen LogP contribution in [0.2, 0.25) is 0 Å². The van der Waals surface area contributed by atoms with Gasteiger partial charge in [0.25, 0.3) is 0 Å². The molecule has 20 heavy (non-hydrogen) atoms. The highest BCUT2D eigenvalue weighted by molar-refractivity contribution is 7.19. The predicted octanol–water partition coefficient (Wildman–Crippen LogP) is 5.77. The summed E-state index contributed by atoms with van der Waals surface area (Å²) in [6.45, 7) is 9.20. The van der Waals surface area contributed by atoms with Crippen molar-refractivity contribution in [3.63, 3.8) is 0 Å². The summed E-state index contributed by atoms with van der Waals surface area (Å²) in [5.74, 6) is 0.821. The average molecular weight is 289 g/mol. The van der Waals surface area contributed by atoms with Crippen LogP contribution in [0.1, 0.15) is 57.9 Å². The van der Waals surface area contributed by atoms with E-state index in [1.165, 1.54) is 34.2 Å². The maximum atomic E-state index is 3.74. The lowest BCUT2D eigenvalue weighted by Gasteiger charge is -2.19. The van der Waals surface area contributed by atoms with Gasteiger partial charge in [-0.1, -0.05) is 44.9 Å². The second-order valence-corrected chi connectivity index (χ2v) is 7.42. The SMILES string of the molecule is CC(C)CCCC(C)NC(C)c1cc2ccccc2s1. The van der Waals surface area contributed by atoms with E-state index in [1.54, 1.807) is 0 Å². The molecule has 0 saturated heterocycles. The molecule has 0 aliphatic carbocycles. The van der Waals surface area contributed by atoms with Crippen molar-refractivity contribution in [2.45, 2.75) is 59.0 Å². The molecule has 2 unspecified atom stereocenters. The Morgan fingerprint density at radius 1 is 1.05 bits per heavy atom. The third-order valence-electron chi connectivity index (χ3n) is 3.82. The third kappa shape index (κ3) is 4.32. The largest absolute Gasteiger partial charge is 0.307 e. The van der Waals surface area contributed by atoms with Crippen molar-refractivity contribution in [1.29, 1.82) is 0 Å². The van der Waals surface area contributed by atoms with Crippen molar-refractivity contribution >= 4 is 21.4 Å². The highest BCUT2D eigenvalue weighted by Crippen LogP contribution is 2.29. The Morgan fingerprint density at radius 3 is 2.50 bits per heavy atom. The zero-order valence-electron chi connectivity index (χ0n) is 13.1. The van der Waals surface area contributed by atoms with Gasteiger partial charge in [-0.15, -0.1) is 11.3 Å². The van der Waals surface area contributed by atoms with E-state index >= 15 is 0 Å². The molecule has 0 aliphatic rings. The van der Waals surface area contributed by atoms with Gasteiger partial charge >= 0.3 is 0 Å². The fourth-order valence-corrected chi connectivity index (χ4v) is 3.72. The van der Waals surface area contributed by atoms with Crippen LogP contribution in [-0.4, -0.2) is 6.04 Å². The molecule has 2 atom stereocenters. The molecule has 1 N–H and O–H groups in total. The second kappa shape index (κ2) is 7.24. The molecule has 0 aliphatic heterocycles. The third-order valence-corrected chi connectivity index (χ3v) is 5.12. The average Bonchev–Trinajstić information content (AvgIpc) is 2.82. The highest BCUT2D eigenvalue weighted by atomic mass is 32.1. The van der Waals surface area contributed by atoms with Gasteiger partial charge in [-0.25, -0.2) is 0 Å². The molecule has 2 heteroatoms. The topological polar surface area (TPSA) is 12.0 Å². The van der Waals surface area contributed by atoms with Crippen molar-refractivity contribution < 1.29 is 0 Å². The van der Waals surface area contributed by atoms with Gasteiger partial charge in [-0.2, -0.15) is 0 Å². The van der Waals surface area contributed by atoms with E-state index in [1.807, 2.05) is 11.3 Å². The summed E-state index contributed by atoms with van der Waals surface area (Å²) >= 11 is 1.91. The fraction of sp³-hybridized carbons (Fsp3) is 0.556. The first-order valence-corrected chi connectivity index (χ1v) is 8.62. The molecule has 2 rings (SSSR count). The van der Waals surface area contributed by atoms with Gasteiger partial charge < -0.3 is 5.32 Å². The molecular weight excluding hydrogens is 262 g/mol. The van der Waals surface area contributed by atoms with Crippen molar-refractivity contribution in [2.75, 3.05) is 0 Å². The van der Waals surface area contributed by atoms with Gasteiger partial charge in [0.1, 0.15) is 0 Å². The molecule has 0 amide bonds. The quantitative estimate of drug-likeness (QED) is 0.682. The summed E-state index contributed by atoms with van der Waals surface area (Å²) in [6, 6.07) is 12.0. The number of nitrogens with one attached hydrogen (secondary N) is 1. The summed E-state index contributed by atoms with van der Waals surface area (Å²) in [7, 11) is 0. The van der Waals surface area contributed by atoms with Gasteiger partial charge in [0.15, 0.2) is 0 Å². The minimum atomic E-state index is 0.446. The van der Waals surface area contributed by atoms with E-state index < -0.39 is 0 Å². The Balaban J connectivity index is 1.89. The van der Waals surface area contributed by atoms with Crippen molar-refractivity contribution in [3.8, 4) is 0 Å². The summed E-state index contributed by atoms with van der Waals surface area (Å²) < 4.78 is 1.39. The Hall–Kier alpha value is -0.860. The Bertz CT molecular complexity index is 496. The highest BCUT2D eigenvalue weighted by Gasteiger charge is 2.12. The standard InChI is InChI=1S/C18H27NS/c1-13(2)8-7-9-14(3)19-15(4)18-12-16-10-5-6-11-17(16)20-18/h5-6,10-15,19H,7-9H2,1-4H3. The van der Waals surface area contributed by atoms with Crippen LogP contribution in [0.4, 0.5) is 0 Å². The second-order valence-electron chi connectivity index (χ2n) is 6.30. The monoisotopic (exact) mass is 289 g/mol. The maximum absolute atomic E-state index is 3.74. The van der Waals surface area contributed by atoms with Crippen LogP contribution in [0.3, 0.4) is 0 Å². The van der Waals surface area contributed by atoms with Crippen LogP contribution in [0, 0.1) is 5.92 Å². The number of hydrogen-bond donors (Lipinski definition) is 1. The van der Waals surface area contributed by atoms with E-state index in [0.717, 1.165) is 5.92 Å². The summed E-state index contributed by atoms with van der Waals surface area (Å²) in [5.41, 5.74) is 0. The van der Waals surface area contributed by atoms with Crippen LogP contribution in [0.15, 0.2) is 30.3 Å². The van der Waals surface area contributed by atoms with E-state index in [4.69, 9.17) is 0 Å². The number of rotatable bonds is 7. The zero-order valence-corrected chi connectivity index (χ0v) is 14.0. The lowest BCUT2D eigenvalue weighted by molar-refractivity contribution is 0.426. The first-order valence-electron chi connectivity index (χ1n) is 7.80. The first-order chi connectivity index (χ1) is 9.56. The summed E-state index contributed by atoms with van der Waals surface area (Å²) in [4.78, 5) is 1.45. The molecule has 1 heterocycles. The van der Waals surface area contributed by atoms with Gasteiger partial charge in [0.05, 0.1) is 0 Å². The number of fused-ring (bicyclic) bond motifs is 1. The van der Waals surface area contributed by atoms with E-state index in [0.29, 0.717) is 12.1 Å². The van der Waals surface area contributed by atoms with E-state index in [-0.39, 0.29) is 0 Å². The minimum absolute atomic E-state index is 0.446. The Labute approximate surface area is 127 Å². The molecule has 2 aromatic rings.